The molecule has 3 unspecified atom stereocenters. The molecule has 0 aliphatic heterocycles. The maximum absolute atomic E-state index is 11.6. The number of amides is 2. The minimum Gasteiger partial charge on any atom is -0.481 e. The van der Waals surface area contributed by atoms with Crippen molar-refractivity contribution < 1.29 is 24.6 Å². The van der Waals surface area contributed by atoms with Gasteiger partial charge in [0.2, 0.25) is 0 Å². The van der Waals surface area contributed by atoms with Gasteiger partial charge in [0.25, 0.3) is 0 Å². The first kappa shape index (κ1) is 14.3. The SMILES string of the molecule is CC1CCCC1NC(=O)NC(CC(=O)O)C(=O)O. The normalized spacial score (nSPS) is 24.3. The lowest BCUT2D eigenvalue weighted by Gasteiger charge is -2.19. The Morgan fingerprint density at radius 2 is 1.94 bits per heavy atom. The van der Waals surface area contributed by atoms with E-state index in [2.05, 4.69) is 10.6 Å². The average Bonchev–Trinajstić information content (AvgIpc) is 2.62. The van der Waals surface area contributed by atoms with Gasteiger partial charge in [-0.15, -0.1) is 0 Å². The van der Waals surface area contributed by atoms with E-state index in [1.54, 1.807) is 0 Å². The highest BCUT2D eigenvalue weighted by atomic mass is 16.4. The predicted octanol–water partition coefficient (Wildman–Crippen LogP) is 0.402. The highest BCUT2D eigenvalue weighted by molar-refractivity contribution is 5.86. The van der Waals surface area contributed by atoms with Crippen LogP contribution in [0.25, 0.3) is 0 Å². The molecule has 2 amide bonds. The molecule has 0 heterocycles. The maximum atomic E-state index is 11.6. The Morgan fingerprint density at radius 3 is 2.39 bits per heavy atom. The Bertz CT molecular complexity index is 344. The van der Waals surface area contributed by atoms with Gasteiger partial charge in [0.1, 0.15) is 6.04 Å². The Balaban J connectivity index is 2.45. The molecular formula is C11H18N2O5. The Hall–Kier alpha value is -1.79. The Morgan fingerprint density at radius 1 is 1.28 bits per heavy atom. The molecule has 0 spiro atoms. The van der Waals surface area contributed by atoms with E-state index < -0.39 is 30.4 Å². The zero-order valence-corrected chi connectivity index (χ0v) is 10.2. The van der Waals surface area contributed by atoms with Gasteiger partial charge in [0.05, 0.1) is 6.42 Å². The van der Waals surface area contributed by atoms with Crippen molar-refractivity contribution in [3.8, 4) is 0 Å². The summed E-state index contributed by atoms with van der Waals surface area (Å²) >= 11 is 0. The fourth-order valence-electron chi connectivity index (χ4n) is 2.10. The van der Waals surface area contributed by atoms with Gasteiger partial charge in [0, 0.05) is 6.04 Å². The van der Waals surface area contributed by atoms with E-state index in [4.69, 9.17) is 10.2 Å². The molecule has 0 radical (unpaired) electrons. The van der Waals surface area contributed by atoms with E-state index in [9.17, 15) is 14.4 Å². The predicted molar refractivity (Wildman–Crippen MR) is 62.1 cm³/mol. The van der Waals surface area contributed by atoms with Crippen LogP contribution in [-0.2, 0) is 9.59 Å². The molecule has 0 aromatic heterocycles. The monoisotopic (exact) mass is 258 g/mol. The molecule has 7 nitrogen and oxygen atoms in total. The standard InChI is InChI=1S/C11H18N2O5/c1-6-3-2-4-7(6)12-11(18)13-8(10(16)17)5-9(14)15/h6-8H,2-5H2,1H3,(H,14,15)(H,16,17)(H2,12,13,18). The number of hydrogen-bond donors (Lipinski definition) is 4. The molecule has 0 bridgehead atoms. The third kappa shape index (κ3) is 4.23. The van der Waals surface area contributed by atoms with Crippen LogP contribution in [0, 0.1) is 5.92 Å². The van der Waals surface area contributed by atoms with Crippen LogP contribution < -0.4 is 10.6 Å². The number of hydrogen-bond acceptors (Lipinski definition) is 3. The molecule has 1 fully saturated rings. The van der Waals surface area contributed by atoms with Gasteiger partial charge >= 0.3 is 18.0 Å². The van der Waals surface area contributed by atoms with Gasteiger partial charge in [-0.25, -0.2) is 9.59 Å². The molecule has 0 aromatic rings. The van der Waals surface area contributed by atoms with Crippen LogP contribution in [0.5, 0.6) is 0 Å². The van der Waals surface area contributed by atoms with Crippen molar-refractivity contribution in [3.05, 3.63) is 0 Å². The molecule has 3 atom stereocenters. The summed E-state index contributed by atoms with van der Waals surface area (Å²) in [7, 11) is 0. The van der Waals surface area contributed by atoms with Gasteiger partial charge in [-0.1, -0.05) is 13.3 Å². The zero-order chi connectivity index (χ0) is 13.7. The first-order valence-electron chi connectivity index (χ1n) is 5.91. The smallest absolute Gasteiger partial charge is 0.326 e. The third-order valence-corrected chi connectivity index (χ3v) is 3.16. The molecule has 7 heteroatoms. The van der Waals surface area contributed by atoms with Crippen LogP contribution in [0.15, 0.2) is 0 Å². The van der Waals surface area contributed by atoms with Crippen molar-refractivity contribution in [1.82, 2.24) is 10.6 Å². The molecule has 0 saturated heterocycles. The number of nitrogens with one attached hydrogen (secondary N) is 2. The second-order valence-corrected chi connectivity index (χ2v) is 4.62. The fraction of sp³-hybridized carbons (Fsp3) is 0.727. The highest BCUT2D eigenvalue weighted by Gasteiger charge is 2.27. The van der Waals surface area contributed by atoms with Crippen molar-refractivity contribution in [2.24, 2.45) is 5.92 Å². The van der Waals surface area contributed by atoms with E-state index in [1.165, 1.54) is 0 Å². The summed E-state index contributed by atoms with van der Waals surface area (Å²) < 4.78 is 0. The van der Waals surface area contributed by atoms with Crippen molar-refractivity contribution in [2.45, 2.75) is 44.7 Å². The summed E-state index contributed by atoms with van der Waals surface area (Å²) in [4.78, 5) is 32.8. The second-order valence-electron chi connectivity index (χ2n) is 4.62. The lowest BCUT2D eigenvalue weighted by Crippen LogP contribution is -2.50. The number of carbonyl (C=O) groups is 3. The fourth-order valence-corrected chi connectivity index (χ4v) is 2.10. The van der Waals surface area contributed by atoms with Crippen LogP contribution in [0.2, 0.25) is 0 Å². The molecule has 18 heavy (non-hydrogen) atoms. The van der Waals surface area contributed by atoms with Gasteiger partial charge in [-0.3, -0.25) is 4.79 Å². The maximum Gasteiger partial charge on any atom is 0.326 e. The molecule has 1 aliphatic carbocycles. The second kappa shape index (κ2) is 6.23. The number of rotatable bonds is 5. The zero-order valence-electron chi connectivity index (χ0n) is 10.2. The van der Waals surface area contributed by atoms with Crippen molar-refractivity contribution >= 4 is 18.0 Å². The minimum absolute atomic E-state index is 0.0317. The number of urea groups is 1. The number of carboxylic acid groups (broad SMARTS) is 2. The summed E-state index contributed by atoms with van der Waals surface area (Å²) in [6.07, 6.45) is 2.29. The molecule has 1 rings (SSSR count). The van der Waals surface area contributed by atoms with Crippen molar-refractivity contribution in [1.29, 1.82) is 0 Å². The average molecular weight is 258 g/mol. The van der Waals surface area contributed by atoms with Crippen LogP contribution in [-0.4, -0.2) is 40.3 Å². The summed E-state index contributed by atoms with van der Waals surface area (Å²) in [5, 5.41) is 22.2. The van der Waals surface area contributed by atoms with E-state index in [-0.39, 0.29) is 6.04 Å². The van der Waals surface area contributed by atoms with Crippen molar-refractivity contribution in [3.63, 3.8) is 0 Å². The Labute approximate surface area is 105 Å². The van der Waals surface area contributed by atoms with E-state index >= 15 is 0 Å². The first-order valence-corrected chi connectivity index (χ1v) is 5.91. The van der Waals surface area contributed by atoms with Crippen molar-refractivity contribution in [2.75, 3.05) is 0 Å². The summed E-state index contributed by atoms with van der Waals surface area (Å²) in [5.74, 6) is -2.26. The molecule has 4 N–H and O–H groups in total. The number of aliphatic carboxylic acids is 2. The lowest BCUT2D eigenvalue weighted by molar-refractivity contribution is -0.145. The van der Waals surface area contributed by atoms with Crippen LogP contribution in [0.3, 0.4) is 0 Å². The van der Waals surface area contributed by atoms with E-state index in [1.807, 2.05) is 6.92 Å². The quantitative estimate of drug-likeness (QED) is 0.569. The highest BCUT2D eigenvalue weighted by Crippen LogP contribution is 2.24. The summed E-state index contributed by atoms with van der Waals surface area (Å²) in [6.45, 7) is 2.02. The lowest BCUT2D eigenvalue weighted by atomic mass is 10.1. The molecule has 0 aromatic carbocycles. The third-order valence-electron chi connectivity index (χ3n) is 3.16. The molecular weight excluding hydrogens is 240 g/mol. The Kier molecular flexibility index (Phi) is 4.94. The minimum atomic E-state index is -1.40. The van der Waals surface area contributed by atoms with Gasteiger partial charge in [0.15, 0.2) is 0 Å². The topological polar surface area (TPSA) is 116 Å². The van der Waals surface area contributed by atoms with Crippen LogP contribution in [0.1, 0.15) is 32.6 Å². The van der Waals surface area contributed by atoms with E-state index in [0.29, 0.717) is 5.92 Å². The first-order chi connectivity index (χ1) is 8.40. The molecule has 1 saturated carbocycles. The van der Waals surface area contributed by atoms with Gasteiger partial charge in [-0.2, -0.15) is 0 Å². The number of carboxylic acids is 2. The molecule has 102 valence electrons. The van der Waals surface area contributed by atoms with E-state index in [0.717, 1.165) is 19.3 Å². The number of carbonyl (C=O) groups excluding carboxylic acids is 1. The summed E-state index contributed by atoms with van der Waals surface area (Å²) in [5.41, 5.74) is 0. The summed E-state index contributed by atoms with van der Waals surface area (Å²) in [6, 6.07) is -1.99. The van der Waals surface area contributed by atoms with Gasteiger partial charge in [-0.05, 0) is 18.8 Å². The van der Waals surface area contributed by atoms with Crippen LogP contribution in [0.4, 0.5) is 4.79 Å². The van der Waals surface area contributed by atoms with Crippen LogP contribution >= 0.6 is 0 Å². The molecule has 1 aliphatic rings. The van der Waals surface area contributed by atoms with Gasteiger partial charge < -0.3 is 20.8 Å². The largest absolute Gasteiger partial charge is 0.481 e.